The maximum atomic E-state index is 11.3. The molecule has 2 N–H and O–H groups in total. The standard InChI is InChI=1S/C26H33N5O2/c32-23(33)16-31-17-27-24-25(28-21-8-4-5-9-21)29-22(30-26(24)31)15-12-18-10-13-20(14-11-18)19-6-2-1-3-7-19/h10-11,13-14,17,19,21H,1-9,12,15-16H2,(H,32,33)(H,28,29,30). The third kappa shape index (κ3) is 5.18. The minimum atomic E-state index is -0.905. The van der Waals surface area contributed by atoms with Crippen molar-refractivity contribution >= 4 is 23.0 Å². The van der Waals surface area contributed by atoms with Gasteiger partial charge in [-0.25, -0.2) is 15.0 Å². The van der Waals surface area contributed by atoms with Crippen molar-refractivity contribution in [1.29, 1.82) is 0 Å². The summed E-state index contributed by atoms with van der Waals surface area (Å²) in [5.41, 5.74) is 4.00. The lowest BCUT2D eigenvalue weighted by Gasteiger charge is -2.22. The second-order valence-electron chi connectivity index (χ2n) is 9.63. The highest BCUT2D eigenvalue weighted by Crippen LogP contribution is 2.32. The smallest absolute Gasteiger partial charge is 0.323 e. The number of fused-ring (bicyclic) bond motifs is 1. The van der Waals surface area contributed by atoms with Crippen molar-refractivity contribution < 1.29 is 9.90 Å². The van der Waals surface area contributed by atoms with Gasteiger partial charge in [-0.3, -0.25) is 4.79 Å². The first-order chi connectivity index (χ1) is 16.2. The van der Waals surface area contributed by atoms with Gasteiger partial charge in [-0.15, -0.1) is 0 Å². The molecule has 2 heterocycles. The van der Waals surface area contributed by atoms with E-state index in [1.54, 1.807) is 10.9 Å². The Morgan fingerprint density at radius 1 is 0.970 bits per heavy atom. The van der Waals surface area contributed by atoms with Crippen molar-refractivity contribution in [3.8, 4) is 0 Å². The van der Waals surface area contributed by atoms with Crippen LogP contribution in [0.1, 0.15) is 80.7 Å². The quantitative estimate of drug-likeness (QED) is 0.499. The molecule has 2 aliphatic carbocycles. The molecule has 2 aliphatic rings. The fourth-order valence-corrected chi connectivity index (χ4v) is 5.38. The highest BCUT2D eigenvalue weighted by atomic mass is 16.4. The van der Waals surface area contributed by atoms with Crippen molar-refractivity contribution in [2.24, 2.45) is 0 Å². The number of hydrogen-bond acceptors (Lipinski definition) is 5. The molecule has 0 aliphatic heterocycles. The van der Waals surface area contributed by atoms with Gasteiger partial charge in [-0.2, -0.15) is 0 Å². The van der Waals surface area contributed by atoms with Gasteiger partial charge in [0.2, 0.25) is 0 Å². The number of rotatable bonds is 8. The van der Waals surface area contributed by atoms with E-state index in [2.05, 4.69) is 34.6 Å². The number of aryl methyl sites for hydroxylation is 2. The van der Waals surface area contributed by atoms with Gasteiger partial charge in [0, 0.05) is 12.5 Å². The van der Waals surface area contributed by atoms with Crippen LogP contribution in [0.2, 0.25) is 0 Å². The first-order valence-corrected chi connectivity index (χ1v) is 12.4. The predicted octanol–water partition coefficient (Wildman–Crippen LogP) is 5.10. The molecular formula is C26H33N5O2. The first-order valence-electron chi connectivity index (χ1n) is 12.4. The second-order valence-corrected chi connectivity index (χ2v) is 9.63. The lowest BCUT2D eigenvalue weighted by atomic mass is 9.84. The molecule has 0 radical (unpaired) electrons. The number of aliphatic carboxylic acids is 1. The van der Waals surface area contributed by atoms with Crippen LogP contribution in [0.15, 0.2) is 30.6 Å². The summed E-state index contributed by atoms with van der Waals surface area (Å²) in [7, 11) is 0. The van der Waals surface area contributed by atoms with Crippen LogP contribution < -0.4 is 5.32 Å². The summed E-state index contributed by atoms with van der Waals surface area (Å²) in [5, 5.41) is 12.8. The van der Waals surface area contributed by atoms with Crippen LogP contribution in [0.4, 0.5) is 5.82 Å². The third-order valence-electron chi connectivity index (χ3n) is 7.21. The van der Waals surface area contributed by atoms with E-state index in [0.29, 0.717) is 23.6 Å². The maximum absolute atomic E-state index is 11.3. The molecule has 0 bridgehead atoms. The molecule has 0 spiro atoms. The minimum absolute atomic E-state index is 0.154. The van der Waals surface area contributed by atoms with Crippen LogP contribution >= 0.6 is 0 Å². The van der Waals surface area contributed by atoms with Crippen molar-refractivity contribution in [2.45, 2.75) is 89.1 Å². The topological polar surface area (TPSA) is 92.9 Å². The Morgan fingerprint density at radius 2 is 1.70 bits per heavy atom. The number of carboxylic acids is 1. The first kappa shape index (κ1) is 21.9. The van der Waals surface area contributed by atoms with Crippen molar-refractivity contribution in [3.05, 3.63) is 47.5 Å². The third-order valence-corrected chi connectivity index (χ3v) is 7.21. The van der Waals surface area contributed by atoms with E-state index < -0.39 is 5.97 Å². The van der Waals surface area contributed by atoms with Crippen LogP contribution in [-0.2, 0) is 24.2 Å². The predicted molar refractivity (Wildman–Crippen MR) is 129 cm³/mol. The number of imidazole rings is 1. The fourth-order valence-electron chi connectivity index (χ4n) is 5.38. The zero-order valence-electron chi connectivity index (χ0n) is 19.2. The molecule has 2 fully saturated rings. The summed E-state index contributed by atoms with van der Waals surface area (Å²) >= 11 is 0. The molecule has 174 valence electrons. The Morgan fingerprint density at radius 3 is 2.42 bits per heavy atom. The number of nitrogens with zero attached hydrogens (tertiary/aromatic N) is 4. The minimum Gasteiger partial charge on any atom is -0.480 e. The molecule has 3 aromatic rings. The van der Waals surface area contributed by atoms with Crippen LogP contribution in [0.3, 0.4) is 0 Å². The highest BCUT2D eigenvalue weighted by molar-refractivity contribution is 5.84. The molecule has 2 aromatic heterocycles. The molecule has 7 nitrogen and oxygen atoms in total. The molecule has 0 atom stereocenters. The Bertz CT molecular complexity index is 1100. The van der Waals surface area contributed by atoms with Crippen LogP contribution in [0.25, 0.3) is 11.2 Å². The average Bonchev–Trinajstić information content (AvgIpc) is 3.49. The monoisotopic (exact) mass is 447 g/mol. The van der Waals surface area contributed by atoms with E-state index in [-0.39, 0.29) is 6.54 Å². The van der Waals surface area contributed by atoms with E-state index in [9.17, 15) is 9.90 Å². The van der Waals surface area contributed by atoms with Gasteiger partial charge >= 0.3 is 5.97 Å². The van der Waals surface area contributed by atoms with E-state index in [4.69, 9.17) is 9.97 Å². The number of hydrogen-bond donors (Lipinski definition) is 2. The summed E-state index contributed by atoms with van der Waals surface area (Å²) in [6.45, 7) is -0.154. The molecule has 2 saturated carbocycles. The molecule has 7 heteroatoms. The Labute approximate surface area is 194 Å². The highest BCUT2D eigenvalue weighted by Gasteiger charge is 2.20. The molecule has 1 aromatic carbocycles. The van der Waals surface area contributed by atoms with E-state index >= 15 is 0 Å². The molecule has 0 amide bonds. The second kappa shape index (κ2) is 9.89. The summed E-state index contributed by atoms with van der Waals surface area (Å²) in [6.07, 6.45) is 14.5. The van der Waals surface area contributed by atoms with Crippen LogP contribution in [0, 0.1) is 0 Å². The van der Waals surface area contributed by atoms with Gasteiger partial charge in [0.25, 0.3) is 0 Å². The normalized spacial score (nSPS) is 17.6. The Kier molecular flexibility index (Phi) is 6.55. The molecule has 5 rings (SSSR count). The van der Waals surface area contributed by atoms with Gasteiger partial charge in [-0.05, 0) is 49.1 Å². The largest absolute Gasteiger partial charge is 0.480 e. The molecule has 33 heavy (non-hydrogen) atoms. The summed E-state index contributed by atoms with van der Waals surface area (Å²) in [5.74, 6) is 1.28. The van der Waals surface area contributed by atoms with Crippen LogP contribution in [-0.4, -0.2) is 36.6 Å². The number of benzene rings is 1. The number of anilines is 1. The Hall–Kier alpha value is -2.96. The van der Waals surface area contributed by atoms with Gasteiger partial charge in [0.05, 0.1) is 6.33 Å². The van der Waals surface area contributed by atoms with E-state index in [1.807, 2.05) is 0 Å². The zero-order valence-corrected chi connectivity index (χ0v) is 19.2. The number of carbonyl (C=O) groups is 1. The van der Waals surface area contributed by atoms with Crippen molar-refractivity contribution in [2.75, 3.05) is 5.32 Å². The lowest BCUT2D eigenvalue weighted by molar-refractivity contribution is -0.137. The maximum Gasteiger partial charge on any atom is 0.323 e. The fraction of sp³-hybridized carbons (Fsp3) is 0.538. The molecular weight excluding hydrogens is 414 g/mol. The van der Waals surface area contributed by atoms with Crippen molar-refractivity contribution in [1.82, 2.24) is 19.5 Å². The van der Waals surface area contributed by atoms with E-state index in [0.717, 1.165) is 36.8 Å². The lowest BCUT2D eigenvalue weighted by Crippen LogP contribution is -2.17. The van der Waals surface area contributed by atoms with Gasteiger partial charge < -0.3 is 15.0 Å². The van der Waals surface area contributed by atoms with Crippen molar-refractivity contribution in [3.63, 3.8) is 0 Å². The summed E-state index contributed by atoms with van der Waals surface area (Å²) < 4.78 is 1.60. The van der Waals surface area contributed by atoms with Gasteiger partial charge in [0.15, 0.2) is 11.5 Å². The number of nitrogens with one attached hydrogen (secondary N) is 1. The SMILES string of the molecule is O=C(O)Cn1cnc2c(NC3CCCC3)nc(CCc3ccc(C4CCCCC4)cc3)nc21. The van der Waals surface area contributed by atoms with Gasteiger partial charge in [-0.1, -0.05) is 56.4 Å². The van der Waals surface area contributed by atoms with E-state index in [1.165, 1.54) is 56.1 Å². The van der Waals surface area contributed by atoms with Crippen LogP contribution in [0.5, 0.6) is 0 Å². The Balaban J connectivity index is 1.34. The van der Waals surface area contributed by atoms with Gasteiger partial charge in [0.1, 0.15) is 17.9 Å². The number of carboxylic acid groups (broad SMARTS) is 1. The summed E-state index contributed by atoms with van der Waals surface area (Å²) in [6, 6.07) is 9.48. The molecule has 0 unspecified atom stereocenters. The summed E-state index contributed by atoms with van der Waals surface area (Å²) in [4.78, 5) is 25.3. The molecule has 0 saturated heterocycles. The number of aromatic nitrogens is 4. The zero-order chi connectivity index (χ0) is 22.6. The average molecular weight is 448 g/mol.